The van der Waals surface area contributed by atoms with Crippen molar-refractivity contribution < 1.29 is 4.79 Å². The number of nitrogens with one attached hydrogen (secondary N) is 1. The standard InChI is InChI=1S/C24H25NOS/c1-18-13-15-22(16-14-18)23(21-11-7-4-8-12-21)25-24(26)19(2)27-17-20-9-5-3-6-10-20/h3-16,19,23H,17H2,1-2H3,(H,25,26)/t19-,23+/m0/s1. The maximum atomic E-state index is 12.9. The number of rotatable bonds is 7. The van der Waals surface area contributed by atoms with Crippen molar-refractivity contribution in [2.24, 2.45) is 0 Å². The lowest BCUT2D eigenvalue weighted by Crippen LogP contribution is -2.35. The summed E-state index contributed by atoms with van der Waals surface area (Å²) in [6.45, 7) is 4.04. The van der Waals surface area contributed by atoms with Crippen LogP contribution in [0.4, 0.5) is 0 Å². The third-order valence-corrected chi connectivity index (χ3v) is 5.76. The van der Waals surface area contributed by atoms with E-state index in [2.05, 4.69) is 60.8 Å². The summed E-state index contributed by atoms with van der Waals surface area (Å²) in [7, 11) is 0. The molecule has 0 aromatic heterocycles. The summed E-state index contributed by atoms with van der Waals surface area (Å²) < 4.78 is 0. The molecule has 0 radical (unpaired) electrons. The Hall–Kier alpha value is -2.52. The Kier molecular flexibility index (Phi) is 6.72. The van der Waals surface area contributed by atoms with Gasteiger partial charge in [0.1, 0.15) is 0 Å². The zero-order valence-electron chi connectivity index (χ0n) is 15.8. The van der Waals surface area contributed by atoms with E-state index in [1.54, 1.807) is 11.8 Å². The van der Waals surface area contributed by atoms with E-state index in [1.165, 1.54) is 11.1 Å². The topological polar surface area (TPSA) is 29.1 Å². The van der Waals surface area contributed by atoms with Gasteiger partial charge in [0, 0.05) is 5.75 Å². The Morgan fingerprint density at radius 1 is 0.852 bits per heavy atom. The van der Waals surface area contributed by atoms with Crippen molar-refractivity contribution in [3.63, 3.8) is 0 Å². The molecule has 0 heterocycles. The van der Waals surface area contributed by atoms with E-state index in [9.17, 15) is 4.79 Å². The van der Waals surface area contributed by atoms with Gasteiger partial charge in [-0.15, -0.1) is 11.8 Å². The largest absolute Gasteiger partial charge is 0.344 e. The van der Waals surface area contributed by atoms with Crippen molar-refractivity contribution in [1.29, 1.82) is 0 Å². The molecule has 1 N–H and O–H groups in total. The van der Waals surface area contributed by atoms with Crippen LogP contribution in [0.3, 0.4) is 0 Å². The number of aryl methyl sites for hydroxylation is 1. The molecular formula is C24H25NOS. The van der Waals surface area contributed by atoms with Gasteiger partial charge in [-0.3, -0.25) is 4.79 Å². The molecule has 2 nitrogen and oxygen atoms in total. The molecule has 3 aromatic carbocycles. The molecule has 0 aliphatic carbocycles. The predicted molar refractivity (Wildman–Crippen MR) is 115 cm³/mol. The summed E-state index contributed by atoms with van der Waals surface area (Å²) in [5, 5.41) is 3.12. The first-order valence-electron chi connectivity index (χ1n) is 9.21. The summed E-state index contributed by atoms with van der Waals surface area (Å²) in [6.07, 6.45) is 0. The van der Waals surface area contributed by atoms with Gasteiger partial charge in [0.25, 0.3) is 0 Å². The molecule has 138 valence electrons. The molecule has 27 heavy (non-hydrogen) atoms. The maximum Gasteiger partial charge on any atom is 0.233 e. The molecule has 3 aromatic rings. The number of thioether (sulfide) groups is 1. The number of amides is 1. The van der Waals surface area contributed by atoms with Gasteiger partial charge in [-0.25, -0.2) is 0 Å². The van der Waals surface area contributed by atoms with Crippen LogP contribution in [0, 0.1) is 6.92 Å². The Bertz CT molecular complexity index is 847. The van der Waals surface area contributed by atoms with E-state index < -0.39 is 0 Å². The number of hydrogen-bond donors (Lipinski definition) is 1. The first-order valence-corrected chi connectivity index (χ1v) is 10.3. The summed E-state index contributed by atoms with van der Waals surface area (Å²) in [4.78, 5) is 12.9. The normalized spacial score (nSPS) is 13.0. The van der Waals surface area contributed by atoms with Crippen LogP contribution in [0.2, 0.25) is 0 Å². The van der Waals surface area contributed by atoms with Crippen LogP contribution in [0.5, 0.6) is 0 Å². The van der Waals surface area contributed by atoms with E-state index in [4.69, 9.17) is 0 Å². The second-order valence-electron chi connectivity index (χ2n) is 6.70. The first-order chi connectivity index (χ1) is 13.1. The molecule has 0 fully saturated rings. The molecule has 0 aliphatic rings. The quantitative estimate of drug-likeness (QED) is 0.589. The molecule has 0 spiro atoms. The Morgan fingerprint density at radius 2 is 1.41 bits per heavy atom. The van der Waals surface area contributed by atoms with E-state index >= 15 is 0 Å². The van der Waals surface area contributed by atoms with Crippen LogP contribution < -0.4 is 5.32 Å². The molecule has 0 bridgehead atoms. The van der Waals surface area contributed by atoms with Crippen molar-refractivity contribution in [1.82, 2.24) is 5.32 Å². The van der Waals surface area contributed by atoms with Crippen LogP contribution in [0.25, 0.3) is 0 Å². The molecular weight excluding hydrogens is 350 g/mol. The van der Waals surface area contributed by atoms with E-state index in [1.807, 2.05) is 43.3 Å². The molecule has 0 saturated carbocycles. The molecule has 0 saturated heterocycles. The van der Waals surface area contributed by atoms with Gasteiger partial charge in [0.2, 0.25) is 5.91 Å². The van der Waals surface area contributed by atoms with E-state index in [0.717, 1.165) is 16.9 Å². The van der Waals surface area contributed by atoms with Crippen molar-refractivity contribution in [2.45, 2.75) is 30.9 Å². The smallest absolute Gasteiger partial charge is 0.233 e. The van der Waals surface area contributed by atoms with Crippen LogP contribution >= 0.6 is 11.8 Å². The van der Waals surface area contributed by atoms with Crippen LogP contribution in [-0.2, 0) is 10.5 Å². The number of hydrogen-bond acceptors (Lipinski definition) is 2. The molecule has 1 amide bonds. The summed E-state index contributed by atoms with van der Waals surface area (Å²) in [6, 6.07) is 28.6. The van der Waals surface area contributed by atoms with Crippen molar-refractivity contribution in [3.8, 4) is 0 Å². The zero-order valence-corrected chi connectivity index (χ0v) is 16.6. The third kappa shape index (κ3) is 5.48. The average Bonchev–Trinajstić information content (AvgIpc) is 2.72. The minimum Gasteiger partial charge on any atom is -0.344 e. The molecule has 0 unspecified atom stereocenters. The third-order valence-electron chi connectivity index (χ3n) is 4.54. The predicted octanol–water partition coefficient (Wildman–Crippen LogP) is 5.52. The number of carbonyl (C=O) groups excluding carboxylic acids is 1. The lowest BCUT2D eigenvalue weighted by atomic mass is 9.97. The summed E-state index contributed by atoms with van der Waals surface area (Å²) >= 11 is 1.66. The van der Waals surface area contributed by atoms with Crippen LogP contribution in [0.1, 0.15) is 35.2 Å². The van der Waals surface area contributed by atoms with E-state index in [0.29, 0.717) is 0 Å². The lowest BCUT2D eigenvalue weighted by Gasteiger charge is -2.22. The van der Waals surface area contributed by atoms with Gasteiger partial charge >= 0.3 is 0 Å². The van der Waals surface area contributed by atoms with E-state index in [-0.39, 0.29) is 17.2 Å². The summed E-state index contributed by atoms with van der Waals surface area (Å²) in [5.41, 5.74) is 4.64. The highest BCUT2D eigenvalue weighted by Gasteiger charge is 2.20. The highest BCUT2D eigenvalue weighted by atomic mass is 32.2. The second-order valence-corrected chi connectivity index (χ2v) is 8.03. The SMILES string of the molecule is Cc1ccc([C@H](NC(=O)[C@H](C)SCc2ccccc2)c2ccccc2)cc1. The number of benzene rings is 3. The lowest BCUT2D eigenvalue weighted by molar-refractivity contribution is -0.120. The van der Waals surface area contributed by atoms with Gasteiger partial charge in [-0.1, -0.05) is 90.5 Å². The fourth-order valence-electron chi connectivity index (χ4n) is 2.89. The highest BCUT2D eigenvalue weighted by Crippen LogP contribution is 2.24. The first kappa shape index (κ1) is 19.2. The van der Waals surface area contributed by atoms with Crippen molar-refractivity contribution in [2.75, 3.05) is 0 Å². The summed E-state index contributed by atoms with van der Waals surface area (Å²) in [5.74, 6) is 0.890. The van der Waals surface area contributed by atoms with Gasteiger partial charge < -0.3 is 5.32 Å². The average molecular weight is 376 g/mol. The van der Waals surface area contributed by atoms with Gasteiger partial charge in [0.15, 0.2) is 0 Å². The Balaban J connectivity index is 1.71. The van der Waals surface area contributed by atoms with Crippen LogP contribution in [-0.4, -0.2) is 11.2 Å². The fraction of sp³-hybridized carbons (Fsp3) is 0.208. The van der Waals surface area contributed by atoms with Gasteiger partial charge in [-0.05, 0) is 30.5 Å². The molecule has 0 aliphatic heterocycles. The second kappa shape index (κ2) is 9.43. The highest BCUT2D eigenvalue weighted by molar-refractivity contribution is 7.99. The zero-order chi connectivity index (χ0) is 19.1. The van der Waals surface area contributed by atoms with Crippen molar-refractivity contribution in [3.05, 3.63) is 107 Å². The molecule has 3 heteroatoms. The maximum absolute atomic E-state index is 12.9. The Labute approximate surface area is 166 Å². The minimum atomic E-state index is -0.140. The fourth-order valence-corrected chi connectivity index (χ4v) is 3.75. The number of carbonyl (C=O) groups is 1. The molecule has 3 rings (SSSR count). The minimum absolute atomic E-state index is 0.0605. The van der Waals surface area contributed by atoms with Gasteiger partial charge in [-0.2, -0.15) is 0 Å². The van der Waals surface area contributed by atoms with Crippen molar-refractivity contribution >= 4 is 17.7 Å². The van der Waals surface area contributed by atoms with Gasteiger partial charge in [0.05, 0.1) is 11.3 Å². The monoisotopic (exact) mass is 375 g/mol. The van der Waals surface area contributed by atoms with Crippen LogP contribution in [0.15, 0.2) is 84.9 Å². The Morgan fingerprint density at radius 3 is 2.04 bits per heavy atom. The molecule has 2 atom stereocenters.